The molecule has 2 heterocycles. The smallest absolute Gasteiger partial charge is 0.255 e. The summed E-state index contributed by atoms with van der Waals surface area (Å²) in [6, 6.07) is 7.44. The Morgan fingerprint density at radius 1 is 1.42 bits per heavy atom. The molecule has 7 nitrogen and oxygen atoms in total. The van der Waals surface area contributed by atoms with Gasteiger partial charge in [0, 0.05) is 25.6 Å². The Balaban J connectivity index is 1.68. The highest BCUT2D eigenvalue weighted by Gasteiger charge is 2.14. The number of nitrogens with one attached hydrogen (secondary N) is 1. The monoisotopic (exact) mass is 328 g/mol. The summed E-state index contributed by atoms with van der Waals surface area (Å²) in [6.45, 7) is 3.59. The quantitative estimate of drug-likeness (QED) is 0.673. The Kier molecular flexibility index (Phi) is 4.90. The number of benzene rings is 1. The summed E-state index contributed by atoms with van der Waals surface area (Å²) in [5, 5.41) is 11.8. The molecule has 3 rings (SSSR count). The first-order chi connectivity index (χ1) is 11.7. The number of ether oxygens (including phenoxy) is 1. The number of aryl methyl sites for hydroxylation is 2. The van der Waals surface area contributed by atoms with Gasteiger partial charge < -0.3 is 19.0 Å². The van der Waals surface area contributed by atoms with Crippen molar-refractivity contribution in [3.63, 3.8) is 0 Å². The Morgan fingerprint density at radius 3 is 3.12 bits per heavy atom. The molecule has 1 aromatic carbocycles. The fourth-order valence-electron chi connectivity index (χ4n) is 2.61. The highest BCUT2D eigenvalue weighted by atomic mass is 16.5. The number of aromatic nitrogens is 3. The van der Waals surface area contributed by atoms with Gasteiger partial charge in [-0.3, -0.25) is 4.79 Å². The molecule has 1 amide bonds. The number of methoxy groups -OCH3 is 1. The summed E-state index contributed by atoms with van der Waals surface area (Å²) in [4.78, 5) is 12.5. The van der Waals surface area contributed by atoms with Crippen LogP contribution < -0.4 is 5.32 Å². The number of para-hydroxylation sites is 1. The van der Waals surface area contributed by atoms with E-state index in [1.807, 2.05) is 29.7 Å². The predicted molar refractivity (Wildman–Crippen MR) is 88.6 cm³/mol. The van der Waals surface area contributed by atoms with Crippen LogP contribution in [0.5, 0.6) is 0 Å². The van der Waals surface area contributed by atoms with Gasteiger partial charge in [-0.2, -0.15) is 0 Å². The fourth-order valence-corrected chi connectivity index (χ4v) is 2.61. The lowest BCUT2D eigenvalue weighted by Gasteiger charge is -2.08. The molecule has 126 valence electrons. The molecule has 24 heavy (non-hydrogen) atoms. The maximum atomic E-state index is 12.5. The predicted octanol–water partition coefficient (Wildman–Crippen LogP) is 2.30. The fraction of sp³-hybridized carbons (Fsp3) is 0.353. The highest BCUT2D eigenvalue weighted by molar-refractivity contribution is 6.04. The van der Waals surface area contributed by atoms with E-state index in [-0.39, 0.29) is 5.91 Å². The van der Waals surface area contributed by atoms with Gasteiger partial charge >= 0.3 is 0 Å². The minimum absolute atomic E-state index is 0.193. The van der Waals surface area contributed by atoms with Crippen LogP contribution >= 0.6 is 0 Å². The van der Waals surface area contributed by atoms with Crippen LogP contribution in [0.3, 0.4) is 0 Å². The second kappa shape index (κ2) is 7.27. The van der Waals surface area contributed by atoms with Crippen LogP contribution in [0.15, 0.2) is 35.0 Å². The summed E-state index contributed by atoms with van der Waals surface area (Å²) >= 11 is 0. The SMILES string of the molecule is COCCCn1cnnc1CNC(=O)c1cccc2cc(C)oc12. The van der Waals surface area contributed by atoms with E-state index in [0.29, 0.717) is 30.1 Å². The van der Waals surface area contributed by atoms with Gasteiger partial charge in [0.2, 0.25) is 0 Å². The normalized spacial score (nSPS) is 11.1. The van der Waals surface area contributed by atoms with E-state index in [4.69, 9.17) is 9.15 Å². The molecule has 1 N–H and O–H groups in total. The van der Waals surface area contributed by atoms with Gasteiger partial charge in [-0.05, 0) is 25.5 Å². The van der Waals surface area contributed by atoms with Crippen molar-refractivity contribution in [2.45, 2.75) is 26.4 Å². The van der Waals surface area contributed by atoms with Gasteiger partial charge in [0.1, 0.15) is 17.7 Å². The maximum absolute atomic E-state index is 12.5. The molecule has 0 atom stereocenters. The van der Waals surface area contributed by atoms with E-state index in [0.717, 1.165) is 24.1 Å². The largest absolute Gasteiger partial charge is 0.461 e. The molecule has 0 aliphatic rings. The lowest BCUT2D eigenvalue weighted by Crippen LogP contribution is -2.25. The standard InChI is InChI=1S/C17H20N4O3/c1-12-9-13-5-3-6-14(16(13)24-12)17(22)18-10-15-20-19-11-21(15)7-4-8-23-2/h3,5-6,9,11H,4,7-8,10H2,1-2H3,(H,18,22). The third-order valence-corrected chi connectivity index (χ3v) is 3.76. The molecule has 2 aromatic heterocycles. The van der Waals surface area contributed by atoms with Crippen molar-refractivity contribution in [3.05, 3.63) is 47.7 Å². The zero-order valence-electron chi connectivity index (χ0n) is 13.8. The average molecular weight is 328 g/mol. The van der Waals surface area contributed by atoms with E-state index >= 15 is 0 Å². The minimum Gasteiger partial charge on any atom is -0.461 e. The number of amides is 1. The van der Waals surface area contributed by atoms with Crippen LogP contribution in [-0.4, -0.2) is 34.4 Å². The first-order valence-corrected chi connectivity index (χ1v) is 7.82. The Hall–Kier alpha value is -2.67. The van der Waals surface area contributed by atoms with Crippen molar-refractivity contribution in [2.75, 3.05) is 13.7 Å². The average Bonchev–Trinajstić information content (AvgIpc) is 3.17. The van der Waals surface area contributed by atoms with Crippen LogP contribution in [-0.2, 0) is 17.8 Å². The summed E-state index contributed by atoms with van der Waals surface area (Å²) in [6.07, 6.45) is 2.52. The highest BCUT2D eigenvalue weighted by Crippen LogP contribution is 2.22. The van der Waals surface area contributed by atoms with Crippen LogP contribution in [0.1, 0.15) is 28.4 Å². The van der Waals surface area contributed by atoms with Crippen molar-refractivity contribution < 1.29 is 13.9 Å². The van der Waals surface area contributed by atoms with Crippen molar-refractivity contribution in [2.24, 2.45) is 0 Å². The lowest BCUT2D eigenvalue weighted by atomic mass is 10.1. The van der Waals surface area contributed by atoms with Gasteiger partial charge in [-0.1, -0.05) is 12.1 Å². The van der Waals surface area contributed by atoms with Crippen molar-refractivity contribution in [1.29, 1.82) is 0 Å². The van der Waals surface area contributed by atoms with Crippen molar-refractivity contribution >= 4 is 16.9 Å². The molecular weight excluding hydrogens is 308 g/mol. The number of carbonyl (C=O) groups is 1. The van der Waals surface area contributed by atoms with Crippen LogP contribution in [0.2, 0.25) is 0 Å². The number of rotatable bonds is 7. The molecule has 0 saturated carbocycles. The Labute approximate surface area is 139 Å². The second-order valence-corrected chi connectivity index (χ2v) is 5.55. The van der Waals surface area contributed by atoms with E-state index in [2.05, 4.69) is 15.5 Å². The molecular formula is C17H20N4O3. The lowest BCUT2D eigenvalue weighted by molar-refractivity contribution is 0.0950. The topological polar surface area (TPSA) is 82.2 Å². The third kappa shape index (κ3) is 3.46. The van der Waals surface area contributed by atoms with E-state index in [1.54, 1.807) is 19.5 Å². The molecule has 0 spiro atoms. The maximum Gasteiger partial charge on any atom is 0.255 e. The molecule has 7 heteroatoms. The summed E-state index contributed by atoms with van der Waals surface area (Å²) < 4.78 is 12.6. The van der Waals surface area contributed by atoms with Gasteiger partial charge in [0.15, 0.2) is 5.82 Å². The number of furan rings is 1. The Bertz CT molecular complexity index is 837. The summed E-state index contributed by atoms with van der Waals surface area (Å²) in [5.74, 6) is 1.30. The zero-order valence-corrected chi connectivity index (χ0v) is 13.8. The Morgan fingerprint density at radius 2 is 2.29 bits per heavy atom. The first kappa shape index (κ1) is 16.2. The molecule has 0 aliphatic heterocycles. The van der Waals surface area contributed by atoms with Crippen LogP contribution in [0.4, 0.5) is 0 Å². The molecule has 0 fully saturated rings. The van der Waals surface area contributed by atoms with Crippen LogP contribution in [0, 0.1) is 6.92 Å². The molecule has 0 bridgehead atoms. The zero-order chi connectivity index (χ0) is 16.9. The van der Waals surface area contributed by atoms with Crippen molar-refractivity contribution in [3.8, 4) is 0 Å². The van der Waals surface area contributed by atoms with Gasteiger partial charge in [-0.15, -0.1) is 10.2 Å². The molecule has 0 radical (unpaired) electrons. The molecule has 0 unspecified atom stereocenters. The first-order valence-electron chi connectivity index (χ1n) is 7.82. The van der Waals surface area contributed by atoms with E-state index in [9.17, 15) is 4.79 Å². The van der Waals surface area contributed by atoms with E-state index in [1.165, 1.54) is 0 Å². The van der Waals surface area contributed by atoms with Crippen LogP contribution in [0.25, 0.3) is 11.0 Å². The van der Waals surface area contributed by atoms with Gasteiger partial charge in [-0.25, -0.2) is 0 Å². The number of hydrogen-bond acceptors (Lipinski definition) is 5. The number of carbonyl (C=O) groups excluding carboxylic acids is 1. The number of hydrogen-bond donors (Lipinski definition) is 1. The summed E-state index contributed by atoms with van der Waals surface area (Å²) in [5.41, 5.74) is 1.13. The van der Waals surface area contributed by atoms with E-state index < -0.39 is 0 Å². The molecule has 3 aromatic rings. The third-order valence-electron chi connectivity index (χ3n) is 3.76. The summed E-state index contributed by atoms with van der Waals surface area (Å²) in [7, 11) is 1.67. The van der Waals surface area contributed by atoms with Crippen molar-refractivity contribution in [1.82, 2.24) is 20.1 Å². The number of nitrogens with zero attached hydrogens (tertiary/aromatic N) is 3. The van der Waals surface area contributed by atoms with Gasteiger partial charge in [0.05, 0.1) is 12.1 Å². The minimum atomic E-state index is -0.193. The number of fused-ring (bicyclic) bond motifs is 1. The molecule has 0 saturated heterocycles. The van der Waals surface area contributed by atoms with Gasteiger partial charge in [0.25, 0.3) is 5.91 Å². The second-order valence-electron chi connectivity index (χ2n) is 5.55. The molecule has 0 aliphatic carbocycles.